The molecule has 0 aliphatic carbocycles. The van der Waals surface area contributed by atoms with Crippen LogP contribution in [0.4, 0.5) is 0 Å². The summed E-state index contributed by atoms with van der Waals surface area (Å²) in [6, 6.07) is 7.81. The summed E-state index contributed by atoms with van der Waals surface area (Å²) in [6.07, 6.45) is 4.14. The number of benzene rings is 1. The standard InChI is InChI=1S/C14H15ClN2O/c15-12-5-3-10(4-6-12)13-9-17-18-14(13)11-2-1-7-16-8-11/h3-6,9,11,16H,1-2,7-8H2. The Morgan fingerprint density at radius 3 is 2.83 bits per heavy atom. The third kappa shape index (κ3) is 2.28. The second kappa shape index (κ2) is 5.12. The maximum atomic E-state index is 5.91. The molecule has 1 saturated heterocycles. The molecule has 0 saturated carbocycles. The summed E-state index contributed by atoms with van der Waals surface area (Å²) in [5.74, 6) is 1.41. The molecule has 0 amide bonds. The van der Waals surface area contributed by atoms with Crippen molar-refractivity contribution in [1.82, 2.24) is 10.5 Å². The Morgan fingerprint density at radius 2 is 2.11 bits per heavy atom. The highest BCUT2D eigenvalue weighted by molar-refractivity contribution is 6.30. The summed E-state index contributed by atoms with van der Waals surface area (Å²) in [6.45, 7) is 2.07. The van der Waals surface area contributed by atoms with Crippen LogP contribution in [0.25, 0.3) is 11.1 Å². The number of aromatic nitrogens is 1. The van der Waals surface area contributed by atoms with Crippen molar-refractivity contribution in [2.75, 3.05) is 13.1 Å². The smallest absolute Gasteiger partial charge is 0.148 e. The minimum absolute atomic E-state index is 0.423. The lowest BCUT2D eigenvalue weighted by atomic mass is 9.92. The lowest BCUT2D eigenvalue weighted by Gasteiger charge is -2.21. The lowest BCUT2D eigenvalue weighted by molar-refractivity contribution is 0.330. The van der Waals surface area contributed by atoms with Crippen LogP contribution in [-0.4, -0.2) is 18.2 Å². The van der Waals surface area contributed by atoms with E-state index in [1.165, 1.54) is 6.42 Å². The molecule has 94 valence electrons. The third-order valence-corrected chi connectivity index (χ3v) is 3.67. The molecule has 4 heteroatoms. The first-order valence-corrected chi connectivity index (χ1v) is 6.63. The van der Waals surface area contributed by atoms with Crippen LogP contribution >= 0.6 is 11.6 Å². The van der Waals surface area contributed by atoms with Gasteiger partial charge in [-0.05, 0) is 37.1 Å². The average molecular weight is 263 g/mol. The molecule has 2 heterocycles. The quantitative estimate of drug-likeness (QED) is 0.901. The zero-order valence-electron chi connectivity index (χ0n) is 10.0. The zero-order chi connectivity index (χ0) is 12.4. The van der Waals surface area contributed by atoms with Gasteiger partial charge in [0, 0.05) is 23.0 Å². The van der Waals surface area contributed by atoms with Crippen molar-refractivity contribution in [2.24, 2.45) is 0 Å². The highest BCUT2D eigenvalue weighted by Gasteiger charge is 2.22. The Kier molecular flexibility index (Phi) is 3.35. The summed E-state index contributed by atoms with van der Waals surface area (Å²) in [4.78, 5) is 0. The first-order valence-electron chi connectivity index (χ1n) is 6.26. The van der Waals surface area contributed by atoms with Crippen LogP contribution < -0.4 is 5.32 Å². The van der Waals surface area contributed by atoms with E-state index in [4.69, 9.17) is 16.1 Å². The molecule has 2 aromatic rings. The van der Waals surface area contributed by atoms with Crippen LogP contribution in [-0.2, 0) is 0 Å². The highest BCUT2D eigenvalue weighted by atomic mass is 35.5. The van der Waals surface area contributed by atoms with Gasteiger partial charge in [-0.25, -0.2) is 0 Å². The number of piperidine rings is 1. The fourth-order valence-electron chi connectivity index (χ4n) is 2.46. The van der Waals surface area contributed by atoms with E-state index in [9.17, 15) is 0 Å². The van der Waals surface area contributed by atoms with Crippen LogP contribution in [0.5, 0.6) is 0 Å². The Balaban J connectivity index is 1.93. The minimum Gasteiger partial charge on any atom is -0.360 e. The molecule has 1 aliphatic heterocycles. The van der Waals surface area contributed by atoms with Crippen LogP contribution in [0.1, 0.15) is 24.5 Å². The fourth-order valence-corrected chi connectivity index (χ4v) is 2.59. The summed E-state index contributed by atoms with van der Waals surface area (Å²) in [5.41, 5.74) is 2.20. The van der Waals surface area contributed by atoms with Gasteiger partial charge in [0.05, 0.1) is 6.20 Å². The molecule has 1 aliphatic rings. The van der Waals surface area contributed by atoms with Gasteiger partial charge in [-0.3, -0.25) is 0 Å². The second-order valence-electron chi connectivity index (χ2n) is 4.65. The molecule has 1 aromatic carbocycles. The molecule has 1 fully saturated rings. The number of nitrogens with one attached hydrogen (secondary N) is 1. The van der Waals surface area contributed by atoms with Crippen LogP contribution in [0.2, 0.25) is 5.02 Å². The number of hydrogen-bond acceptors (Lipinski definition) is 3. The molecule has 0 spiro atoms. The van der Waals surface area contributed by atoms with Crippen LogP contribution in [0, 0.1) is 0 Å². The van der Waals surface area contributed by atoms with Crippen molar-refractivity contribution < 1.29 is 4.52 Å². The Labute approximate surface area is 111 Å². The largest absolute Gasteiger partial charge is 0.360 e. The van der Waals surface area contributed by atoms with Gasteiger partial charge in [0.1, 0.15) is 5.76 Å². The van der Waals surface area contributed by atoms with Gasteiger partial charge >= 0.3 is 0 Å². The van der Waals surface area contributed by atoms with E-state index in [0.29, 0.717) is 5.92 Å². The van der Waals surface area contributed by atoms with E-state index < -0.39 is 0 Å². The van der Waals surface area contributed by atoms with E-state index in [0.717, 1.165) is 41.4 Å². The van der Waals surface area contributed by atoms with Crippen LogP contribution in [0.3, 0.4) is 0 Å². The summed E-state index contributed by atoms with van der Waals surface area (Å²) in [7, 11) is 0. The Bertz CT molecular complexity index is 515. The normalized spacial score (nSPS) is 19.9. The predicted molar refractivity (Wildman–Crippen MR) is 71.8 cm³/mol. The first kappa shape index (κ1) is 11.8. The van der Waals surface area contributed by atoms with Crippen molar-refractivity contribution in [3.05, 3.63) is 41.2 Å². The van der Waals surface area contributed by atoms with Gasteiger partial charge in [-0.15, -0.1) is 0 Å². The molecular weight excluding hydrogens is 248 g/mol. The zero-order valence-corrected chi connectivity index (χ0v) is 10.8. The molecular formula is C14H15ClN2O. The fraction of sp³-hybridized carbons (Fsp3) is 0.357. The molecule has 1 atom stereocenters. The van der Waals surface area contributed by atoms with Gasteiger partial charge in [-0.1, -0.05) is 28.9 Å². The molecule has 3 nitrogen and oxygen atoms in total. The van der Waals surface area contributed by atoms with Crippen molar-refractivity contribution in [3.8, 4) is 11.1 Å². The monoisotopic (exact) mass is 262 g/mol. The van der Waals surface area contributed by atoms with Gasteiger partial charge in [-0.2, -0.15) is 0 Å². The van der Waals surface area contributed by atoms with E-state index in [-0.39, 0.29) is 0 Å². The first-order chi connectivity index (χ1) is 8.84. The molecule has 1 N–H and O–H groups in total. The Hall–Kier alpha value is -1.32. The topological polar surface area (TPSA) is 38.1 Å². The molecule has 0 bridgehead atoms. The maximum Gasteiger partial charge on any atom is 0.148 e. The van der Waals surface area contributed by atoms with Crippen molar-refractivity contribution >= 4 is 11.6 Å². The Morgan fingerprint density at radius 1 is 1.28 bits per heavy atom. The van der Waals surface area contributed by atoms with E-state index in [1.54, 1.807) is 6.20 Å². The SMILES string of the molecule is Clc1ccc(-c2cnoc2C2CCCNC2)cc1. The van der Waals surface area contributed by atoms with Gasteiger partial charge < -0.3 is 9.84 Å². The van der Waals surface area contributed by atoms with E-state index in [2.05, 4.69) is 10.5 Å². The highest BCUT2D eigenvalue weighted by Crippen LogP contribution is 2.33. The predicted octanol–water partition coefficient (Wildman–Crippen LogP) is 3.46. The summed E-state index contributed by atoms with van der Waals surface area (Å²) in [5, 5.41) is 8.11. The molecule has 1 aromatic heterocycles. The number of halogens is 1. The molecule has 3 rings (SSSR count). The van der Waals surface area contributed by atoms with Crippen molar-refractivity contribution in [1.29, 1.82) is 0 Å². The number of rotatable bonds is 2. The second-order valence-corrected chi connectivity index (χ2v) is 5.09. The summed E-state index contributed by atoms with van der Waals surface area (Å²) >= 11 is 5.91. The van der Waals surface area contributed by atoms with E-state index in [1.807, 2.05) is 24.3 Å². The lowest BCUT2D eigenvalue weighted by Crippen LogP contribution is -2.28. The van der Waals surface area contributed by atoms with Gasteiger partial charge in [0.25, 0.3) is 0 Å². The van der Waals surface area contributed by atoms with Crippen molar-refractivity contribution in [3.63, 3.8) is 0 Å². The van der Waals surface area contributed by atoms with E-state index >= 15 is 0 Å². The van der Waals surface area contributed by atoms with Crippen molar-refractivity contribution in [2.45, 2.75) is 18.8 Å². The van der Waals surface area contributed by atoms with Crippen LogP contribution in [0.15, 0.2) is 35.0 Å². The molecule has 1 unspecified atom stereocenters. The van der Waals surface area contributed by atoms with Gasteiger partial charge in [0.15, 0.2) is 0 Å². The minimum atomic E-state index is 0.423. The third-order valence-electron chi connectivity index (χ3n) is 3.42. The molecule has 0 radical (unpaired) electrons. The number of nitrogens with zero attached hydrogens (tertiary/aromatic N) is 1. The number of hydrogen-bond donors (Lipinski definition) is 1. The summed E-state index contributed by atoms with van der Waals surface area (Å²) < 4.78 is 5.47. The average Bonchev–Trinajstić information content (AvgIpc) is 2.90. The van der Waals surface area contributed by atoms with Gasteiger partial charge in [0.2, 0.25) is 0 Å². The maximum absolute atomic E-state index is 5.91. The molecule has 18 heavy (non-hydrogen) atoms.